The summed E-state index contributed by atoms with van der Waals surface area (Å²) in [6, 6.07) is 0. The highest BCUT2D eigenvalue weighted by molar-refractivity contribution is 6.24. The molecule has 0 spiro atoms. The van der Waals surface area contributed by atoms with Gasteiger partial charge in [-0.3, -0.25) is 0 Å². The second-order valence-corrected chi connectivity index (χ2v) is 3.34. The average Bonchev–Trinajstić information content (AvgIpc) is 1.64. The minimum absolute atomic E-state index is 0.228. The Hall–Kier alpha value is 0.580. The summed E-state index contributed by atoms with van der Waals surface area (Å²) in [6.07, 6.45) is 5.26. The van der Waals surface area contributed by atoms with Gasteiger partial charge in [0.15, 0.2) is 0 Å². The third-order valence-corrected chi connectivity index (χ3v) is 2.14. The highest BCUT2D eigenvalue weighted by Crippen LogP contribution is 2.25. The Morgan fingerprint density at radius 2 is 2.12 bits per heavy atom. The third kappa shape index (κ3) is 1.83. The third-order valence-electron chi connectivity index (χ3n) is 1.38. The molecule has 1 saturated carbocycles. The van der Waals surface area contributed by atoms with Crippen LogP contribution in [0.15, 0.2) is 0 Å². The quantitative estimate of drug-likeness (QED) is 0.468. The molecular formula is C6H9Cl2. The first-order valence-corrected chi connectivity index (χ1v) is 3.78. The van der Waals surface area contributed by atoms with Gasteiger partial charge in [-0.25, -0.2) is 0 Å². The van der Waals surface area contributed by atoms with E-state index in [1.165, 1.54) is 0 Å². The Morgan fingerprint density at radius 3 is 2.50 bits per heavy atom. The molecule has 1 fully saturated rings. The molecule has 2 atom stereocenters. The molecule has 1 aliphatic carbocycles. The fourth-order valence-corrected chi connectivity index (χ4v) is 1.67. The van der Waals surface area contributed by atoms with Crippen LogP contribution in [0.4, 0.5) is 0 Å². The highest BCUT2D eigenvalue weighted by Gasteiger charge is 2.17. The van der Waals surface area contributed by atoms with Crippen LogP contribution in [-0.4, -0.2) is 10.8 Å². The van der Waals surface area contributed by atoms with E-state index in [4.69, 9.17) is 23.2 Å². The van der Waals surface area contributed by atoms with Gasteiger partial charge in [0.25, 0.3) is 0 Å². The van der Waals surface area contributed by atoms with Gasteiger partial charge in [0.2, 0.25) is 0 Å². The standard InChI is InChI=1S/C6H9Cl2/c7-5-2-1-3-6(8)4-5/h2,5-6H,1,3-4H2. The van der Waals surface area contributed by atoms with E-state index < -0.39 is 0 Å². The molecule has 1 radical (unpaired) electrons. The van der Waals surface area contributed by atoms with Gasteiger partial charge < -0.3 is 0 Å². The molecule has 0 heterocycles. The van der Waals surface area contributed by atoms with Crippen molar-refractivity contribution in [2.24, 2.45) is 0 Å². The predicted molar refractivity (Wildman–Crippen MR) is 37.4 cm³/mol. The molecular weight excluding hydrogens is 143 g/mol. The molecule has 47 valence electrons. The molecule has 2 unspecified atom stereocenters. The lowest BCUT2D eigenvalue weighted by atomic mass is 10.00. The molecule has 0 amide bonds. The van der Waals surface area contributed by atoms with Gasteiger partial charge in [0.1, 0.15) is 0 Å². The lowest BCUT2D eigenvalue weighted by Crippen LogP contribution is -2.15. The van der Waals surface area contributed by atoms with E-state index in [0.717, 1.165) is 19.3 Å². The Bertz CT molecular complexity index is 64.9. The summed E-state index contributed by atoms with van der Waals surface area (Å²) < 4.78 is 0. The summed E-state index contributed by atoms with van der Waals surface area (Å²) in [6.45, 7) is 0. The largest absolute Gasteiger partial charge is 0.123 e. The van der Waals surface area contributed by atoms with Crippen molar-refractivity contribution >= 4 is 23.2 Å². The van der Waals surface area contributed by atoms with Crippen molar-refractivity contribution < 1.29 is 0 Å². The maximum Gasteiger partial charge on any atom is 0.0381 e. The Morgan fingerprint density at radius 1 is 1.38 bits per heavy atom. The number of hydrogen-bond acceptors (Lipinski definition) is 0. The van der Waals surface area contributed by atoms with Crippen LogP contribution in [0, 0.1) is 6.42 Å². The summed E-state index contributed by atoms with van der Waals surface area (Å²) in [7, 11) is 0. The molecule has 8 heavy (non-hydrogen) atoms. The van der Waals surface area contributed by atoms with Crippen molar-refractivity contribution in [3.05, 3.63) is 6.42 Å². The Labute approximate surface area is 60.2 Å². The number of halogens is 2. The van der Waals surface area contributed by atoms with Gasteiger partial charge in [-0.15, -0.1) is 23.2 Å². The lowest BCUT2D eigenvalue weighted by molar-refractivity contribution is 0.607. The first-order valence-electron chi connectivity index (χ1n) is 2.90. The first kappa shape index (κ1) is 6.70. The van der Waals surface area contributed by atoms with E-state index in [2.05, 4.69) is 6.42 Å². The molecule has 1 rings (SSSR count). The predicted octanol–water partition coefficient (Wildman–Crippen LogP) is 2.59. The van der Waals surface area contributed by atoms with Gasteiger partial charge in [-0.1, -0.05) is 0 Å². The lowest BCUT2D eigenvalue weighted by Gasteiger charge is -2.19. The molecule has 0 saturated heterocycles. The summed E-state index contributed by atoms with van der Waals surface area (Å²) in [5.41, 5.74) is 0. The van der Waals surface area contributed by atoms with Crippen molar-refractivity contribution in [1.29, 1.82) is 0 Å². The van der Waals surface area contributed by atoms with Crippen LogP contribution in [0.2, 0.25) is 0 Å². The monoisotopic (exact) mass is 151 g/mol. The summed E-state index contributed by atoms with van der Waals surface area (Å²) in [5, 5.41) is 0.550. The van der Waals surface area contributed by atoms with Crippen LogP contribution in [0.5, 0.6) is 0 Å². The minimum atomic E-state index is 0.228. The average molecular weight is 152 g/mol. The normalized spacial score (nSPS) is 39.8. The second-order valence-electron chi connectivity index (χ2n) is 2.16. The van der Waals surface area contributed by atoms with E-state index in [1.54, 1.807) is 0 Å². The molecule has 1 aliphatic rings. The molecule has 0 aromatic heterocycles. The summed E-state index contributed by atoms with van der Waals surface area (Å²) in [4.78, 5) is 0. The van der Waals surface area contributed by atoms with Crippen molar-refractivity contribution in [2.45, 2.75) is 30.0 Å². The van der Waals surface area contributed by atoms with E-state index in [-0.39, 0.29) is 5.38 Å². The summed E-state index contributed by atoms with van der Waals surface area (Å²) >= 11 is 11.6. The maximum absolute atomic E-state index is 5.81. The molecule has 0 aromatic carbocycles. The van der Waals surface area contributed by atoms with Crippen molar-refractivity contribution in [2.75, 3.05) is 0 Å². The van der Waals surface area contributed by atoms with Crippen LogP contribution < -0.4 is 0 Å². The van der Waals surface area contributed by atoms with Gasteiger partial charge in [-0.2, -0.15) is 0 Å². The van der Waals surface area contributed by atoms with Crippen molar-refractivity contribution in [3.8, 4) is 0 Å². The molecule has 0 nitrogen and oxygen atoms in total. The molecule has 0 aliphatic heterocycles. The van der Waals surface area contributed by atoms with Crippen molar-refractivity contribution in [1.82, 2.24) is 0 Å². The molecule has 0 N–H and O–H groups in total. The smallest absolute Gasteiger partial charge is 0.0381 e. The fourth-order valence-electron chi connectivity index (χ4n) is 0.916. The number of alkyl halides is 2. The van der Waals surface area contributed by atoms with Crippen LogP contribution in [0.1, 0.15) is 19.3 Å². The van der Waals surface area contributed by atoms with Gasteiger partial charge >= 0.3 is 0 Å². The van der Waals surface area contributed by atoms with Crippen molar-refractivity contribution in [3.63, 3.8) is 0 Å². The SMILES string of the molecule is ClC1[CH]CCC(Cl)C1. The van der Waals surface area contributed by atoms with Crippen LogP contribution >= 0.6 is 23.2 Å². The fraction of sp³-hybridized carbons (Fsp3) is 0.833. The number of hydrogen-bond donors (Lipinski definition) is 0. The second kappa shape index (κ2) is 2.93. The topological polar surface area (TPSA) is 0 Å². The zero-order chi connectivity index (χ0) is 5.98. The summed E-state index contributed by atoms with van der Waals surface area (Å²) in [5.74, 6) is 0. The van der Waals surface area contributed by atoms with E-state index in [1.807, 2.05) is 0 Å². The maximum atomic E-state index is 5.81. The van der Waals surface area contributed by atoms with Gasteiger partial charge in [0.05, 0.1) is 0 Å². The van der Waals surface area contributed by atoms with Gasteiger partial charge in [0, 0.05) is 10.8 Å². The number of rotatable bonds is 0. The Balaban J connectivity index is 2.23. The molecule has 2 heteroatoms. The van der Waals surface area contributed by atoms with Crippen LogP contribution in [0.3, 0.4) is 0 Å². The highest BCUT2D eigenvalue weighted by atomic mass is 35.5. The Kier molecular flexibility index (Phi) is 2.45. The molecule has 0 aromatic rings. The zero-order valence-corrected chi connectivity index (χ0v) is 6.12. The van der Waals surface area contributed by atoms with Gasteiger partial charge in [-0.05, 0) is 25.7 Å². The molecule has 0 bridgehead atoms. The van der Waals surface area contributed by atoms with E-state index >= 15 is 0 Å². The van der Waals surface area contributed by atoms with Crippen LogP contribution in [-0.2, 0) is 0 Å². The van der Waals surface area contributed by atoms with E-state index in [9.17, 15) is 0 Å². The first-order chi connectivity index (χ1) is 3.79. The minimum Gasteiger partial charge on any atom is -0.123 e. The zero-order valence-electron chi connectivity index (χ0n) is 4.61. The van der Waals surface area contributed by atoms with Crippen LogP contribution in [0.25, 0.3) is 0 Å². The van der Waals surface area contributed by atoms with E-state index in [0.29, 0.717) is 5.38 Å².